The van der Waals surface area contributed by atoms with E-state index in [-0.39, 0.29) is 18.4 Å². The number of rotatable bonds is 5. The SMILES string of the molecule is CCC(=O)N1CCCCC1C(=O)NCC(O)c1cccc(C)c1. The first kappa shape index (κ1) is 17.5. The third-order valence-electron chi connectivity index (χ3n) is 4.32. The Bertz CT molecular complexity index is 559. The van der Waals surface area contributed by atoms with E-state index in [9.17, 15) is 14.7 Å². The van der Waals surface area contributed by atoms with Crippen molar-refractivity contribution in [3.05, 3.63) is 35.4 Å². The fourth-order valence-corrected chi connectivity index (χ4v) is 3.02. The number of nitrogens with one attached hydrogen (secondary N) is 1. The quantitative estimate of drug-likeness (QED) is 0.871. The molecular formula is C18H26N2O3. The van der Waals surface area contributed by atoms with E-state index in [0.29, 0.717) is 19.4 Å². The number of carbonyl (C=O) groups is 2. The molecule has 1 aliphatic heterocycles. The lowest BCUT2D eigenvalue weighted by atomic mass is 10.0. The van der Waals surface area contributed by atoms with Crippen molar-refractivity contribution in [3.8, 4) is 0 Å². The summed E-state index contributed by atoms with van der Waals surface area (Å²) in [5.74, 6) is -0.151. The second kappa shape index (κ2) is 8.11. The van der Waals surface area contributed by atoms with Crippen LogP contribution in [-0.2, 0) is 9.59 Å². The normalized spacial score (nSPS) is 19.3. The molecule has 126 valence electrons. The number of hydrogen-bond donors (Lipinski definition) is 2. The highest BCUT2D eigenvalue weighted by Gasteiger charge is 2.31. The van der Waals surface area contributed by atoms with Crippen LogP contribution in [0.5, 0.6) is 0 Å². The largest absolute Gasteiger partial charge is 0.387 e. The Balaban J connectivity index is 1.93. The minimum Gasteiger partial charge on any atom is -0.387 e. The molecule has 1 aromatic carbocycles. The maximum absolute atomic E-state index is 12.4. The maximum atomic E-state index is 12.4. The van der Waals surface area contributed by atoms with E-state index in [0.717, 1.165) is 24.0 Å². The van der Waals surface area contributed by atoms with E-state index in [1.54, 1.807) is 4.90 Å². The zero-order chi connectivity index (χ0) is 16.8. The molecule has 1 heterocycles. The molecule has 0 spiro atoms. The average Bonchev–Trinajstić information content (AvgIpc) is 2.58. The van der Waals surface area contributed by atoms with Gasteiger partial charge in [-0.3, -0.25) is 9.59 Å². The average molecular weight is 318 g/mol. The van der Waals surface area contributed by atoms with Crippen LogP contribution < -0.4 is 5.32 Å². The van der Waals surface area contributed by atoms with Gasteiger partial charge in [-0.05, 0) is 31.7 Å². The summed E-state index contributed by atoms with van der Waals surface area (Å²) in [5.41, 5.74) is 1.86. The molecule has 0 saturated carbocycles. The maximum Gasteiger partial charge on any atom is 0.242 e. The Morgan fingerprint density at radius 3 is 2.87 bits per heavy atom. The van der Waals surface area contributed by atoms with Crippen LogP contribution in [0.15, 0.2) is 24.3 Å². The Hall–Kier alpha value is -1.88. The molecule has 0 radical (unpaired) electrons. The molecule has 0 aromatic heterocycles. The van der Waals surface area contributed by atoms with E-state index < -0.39 is 12.1 Å². The van der Waals surface area contributed by atoms with Gasteiger partial charge in [0.25, 0.3) is 0 Å². The smallest absolute Gasteiger partial charge is 0.242 e. The Kier molecular flexibility index (Phi) is 6.16. The zero-order valence-corrected chi connectivity index (χ0v) is 13.9. The molecule has 5 heteroatoms. The second-order valence-corrected chi connectivity index (χ2v) is 6.13. The number of benzene rings is 1. The van der Waals surface area contributed by atoms with Crippen LogP contribution in [0.25, 0.3) is 0 Å². The van der Waals surface area contributed by atoms with Crippen molar-refractivity contribution < 1.29 is 14.7 Å². The number of hydrogen-bond acceptors (Lipinski definition) is 3. The number of nitrogens with zero attached hydrogens (tertiary/aromatic N) is 1. The monoisotopic (exact) mass is 318 g/mol. The Morgan fingerprint density at radius 2 is 2.17 bits per heavy atom. The van der Waals surface area contributed by atoms with Crippen LogP contribution in [0.1, 0.15) is 49.8 Å². The van der Waals surface area contributed by atoms with Crippen molar-refractivity contribution in [2.45, 2.75) is 51.7 Å². The van der Waals surface area contributed by atoms with Crippen molar-refractivity contribution in [2.24, 2.45) is 0 Å². The highest BCUT2D eigenvalue weighted by Crippen LogP contribution is 2.19. The lowest BCUT2D eigenvalue weighted by molar-refractivity contribution is -0.142. The molecule has 23 heavy (non-hydrogen) atoms. The molecule has 2 amide bonds. The summed E-state index contributed by atoms with van der Waals surface area (Å²) in [4.78, 5) is 26.1. The van der Waals surface area contributed by atoms with Gasteiger partial charge >= 0.3 is 0 Å². The van der Waals surface area contributed by atoms with Crippen molar-refractivity contribution in [3.63, 3.8) is 0 Å². The first-order chi connectivity index (χ1) is 11.0. The minimum absolute atomic E-state index is 0.0177. The molecule has 2 atom stereocenters. The highest BCUT2D eigenvalue weighted by molar-refractivity contribution is 5.87. The second-order valence-electron chi connectivity index (χ2n) is 6.13. The molecule has 0 bridgehead atoms. The van der Waals surface area contributed by atoms with E-state index in [1.165, 1.54) is 0 Å². The number of aliphatic hydroxyl groups is 1. The summed E-state index contributed by atoms with van der Waals surface area (Å²) in [6.07, 6.45) is 2.26. The van der Waals surface area contributed by atoms with Gasteiger partial charge in [-0.25, -0.2) is 0 Å². The van der Waals surface area contributed by atoms with Gasteiger partial charge in [0, 0.05) is 19.5 Å². The summed E-state index contributed by atoms with van der Waals surface area (Å²) in [7, 11) is 0. The summed E-state index contributed by atoms with van der Waals surface area (Å²) >= 11 is 0. The predicted octanol–water partition coefficient (Wildman–Crippen LogP) is 1.94. The van der Waals surface area contributed by atoms with Gasteiger partial charge in [0.1, 0.15) is 6.04 Å². The molecule has 5 nitrogen and oxygen atoms in total. The highest BCUT2D eigenvalue weighted by atomic mass is 16.3. The van der Waals surface area contributed by atoms with Crippen molar-refractivity contribution >= 4 is 11.8 Å². The van der Waals surface area contributed by atoms with Gasteiger partial charge in [-0.1, -0.05) is 36.8 Å². The van der Waals surface area contributed by atoms with E-state index in [4.69, 9.17) is 0 Å². The predicted molar refractivity (Wildman–Crippen MR) is 88.8 cm³/mol. The number of aliphatic hydroxyl groups excluding tert-OH is 1. The van der Waals surface area contributed by atoms with Crippen LogP contribution in [0, 0.1) is 6.92 Å². The molecule has 1 fully saturated rings. The fraction of sp³-hybridized carbons (Fsp3) is 0.556. The third kappa shape index (κ3) is 4.55. The number of amides is 2. The Labute approximate surface area is 137 Å². The lowest BCUT2D eigenvalue weighted by Gasteiger charge is -2.34. The summed E-state index contributed by atoms with van der Waals surface area (Å²) in [6.45, 7) is 4.58. The van der Waals surface area contributed by atoms with E-state index in [1.807, 2.05) is 38.1 Å². The standard InChI is InChI=1S/C18H26N2O3/c1-3-17(22)20-10-5-4-9-15(20)18(23)19-12-16(21)14-8-6-7-13(2)11-14/h6-8,11,15-16,21H,3-5,9-10,12H2,1-2H3,(H,19,23). The lowest BCUT2D eigenvalue weighted by Crippen LogP contribution is -2.52. The molecule has 2 unspecified atom stereocenters. The minimum atomic E-state index is -0.738. The molecular weight excluding hydrogens is 292 g/mol. The van der Waals surface area contributed by atoms with Crippen LogP contribution in [-0.4, -0.2) is 41.0 Å². The van der Waals surface area contributed by atoms with Gasteiger partial charge in [-0.15, -0.1) is 0 Å². The van der Waals surface area contributed by atoms with Gasteiger partial charge in [0.2, 0.25) is 11.8 Å². The zero-order valence-electron chi connectivity index (χ0n) is 13.9. The molecule has 2 N–H and O–H groups in total. The summed E-state index contributed by atoms with van der Waals surface area (Å²) in [6, 6.07) is 7.20. The molecule has 1 aromatic rings. The third-order valence-corrected chi connectivity index (χ3v) is 4.32. The summed E-state index contributed by atoms with van der Waals surface area (Å²) in [5, 5.41) is 13.0. The van der Waals surface area contributed by atoms with Gasteiger partial charge in [0.05, 0.1) is 6.10 Å². The topological polar surface area (TPSA) is 69.6 Å². The van der Waals surface area contributed by atoms with Crippen LogP contribution >= 0.6 is 0 Å². The van der Waals surface area contributed by atoms with Gasteiger partial charge < -0.3 is 15.3 Å². The van der Waals surface area contributed by atoms with E-state index in [2.05, 4.69) is 5.32 Å². The first-order valence-corrected chi connectivity index (χ1v) is 8.34. The van der Waals surface area contributed by atoms with Crippen molar-refractivity contribution in [1.29, 1.82) is 0 Å². The van der Waals surface area contributed by atoms with Crippen LogP contribution in [0.3, 0.4) is 0 Å². The fourth-order valence-electron chi connectivity index (χ4n) is 3.02. The van der Waals surface area contributed by atoms with Gasteiger partial charge in [0.15, 0.2) is 0 Å². The molecule has 0 aliphatic carbocycles. The molecule has 1 aliphatic rings. The Morgan fingerprint density at radius 1 is 1.39 bits per heavy atom. The number of likely N-dealkylation sites (tertiary alicyclic amines) is 1. The van der Waals surface area contributed by atoms with Crippen LogP contribution in [0.2, 0.25) is 0 Å². The van der Waals surface area contributed by atoms with Crippen molar-refractivity contribution in [1.82, 2.24) is 10.2 Å². The summed E-state index contributed by atoms with van der Waals surface area (Å²) < 4.78 is 0. The number of piperidine rings is 1. The number of carbonyl (C=O) groups excluding carboxylic acids is 2. The van der Waals surface area contributed by atoms with E-state index >= 15 is 0 Å². The van der Waals surface area contributed by atoms with Crippen LogP contribution in [0.4, 0.5) is 0 Å². The number of aryl methyl sites for hydroxylation is 1. The molecule has 1 saturated heterocycles. The van der Waals surface area contributed by atoms with Gasteiger partial charge in [-0.2, -0.15) is 0 Å². The molecule has 2 rings (SSSR count). The first-order valence-electron chi connectivity index (χ1n) is 8.34. The van der Waals surface area contributed by atoms with Crippen molar-refractivity contribution in [2.75, 3.05) is 13.1 Å².